The Balaban J connectivity index is 2.67. The van der Waals surface area contributed by atoms with Crippen LogP contribution in [0.15, 0.2) is 18.2 Å². The number of hydrogen-bond acceptors (Lipinski definition) is 2. The second kappa shape index (κ2) is 8.35. The molecule has 20 heavy (non-hydrogen) atoms. The Labute approximate surface area is 120 Å². The maximum absolute atomic E-state index is 11.5. The van der Waals surface area contributed by atoms with E-state index in [-0.39, 0.29) is 11.1 Å². The number of rotatable bonds is 9. The summed E-state index contributed by atoms with van der Waals surface area (Å²) in [5.41, 5.74) is 12.0. The fourth-order valence-electron chi connectivity index (χ4n) is 2.40. The van der Waals surface area contributed by atoms with Gasteiger partial charge < -0.3 is 11.5 Å². The lowest BCUT2D eigenvalue weighted by Gasteiger charge is -2.10. The summed E-state index contributed by atoms with van der Waals surface area (Å²) in [6.07, 6.45) is 7.82. The molecular formula is C16H24N2O2. The minimum Gasteiger partial charge on any atom is -0.366 e. The molecule has 110 valence electrons. The fraction of sp³-hybridized carbons (Fsp3) is 0.500. The second-order valence-electron chi connectivity index (χ2n) is 5.09. The van der Waals surface area contributed by atoms with Crippen molar-refractivity contribution in [3.8, 4) is 0 Å². The first-order valence-electron chi connectivity index (χ1n) is 7.29. The summed E-state index contributed by atoms with van der Waals surface area (Å²) >= 11 is 0. The van der Waals surface area contributed by atoms with Crippen LogP contribution in [0.5, 0.6) is 0 Å². The molecule has 0 radical (unpaired) electrons. The largest absolute Gasteiger partial charge is 0.366 e. The van der Waals surface area contributed by atoms with E-state index in [2.05, 4.69) is 6.92 Å². The number of nitrogens with two attached hydrogens (primary N) is 2. The quantitative estimate of drug-likeness (QED) is 0.679. The maximum Gasteiger partial charge on any atom is 0.249 e. The normalized spacial score (nSPS) is 10.4. The van der Waals surface area contributed by atoms with Crippen molar-refractivity contribution in [3.63, 3.8) is 0 Å². The van der Waals surface area contributed by atoms with E-state index in [1.807, 2.05) is 6.07 Å². The third-order valence-electron chi connectivity index (χ3n) is 3.46. The highest BCUT2D eigenvalue weighted by Crippen LogP contribution is 2.17. The van der Waals surface area contributed by atoms with Gasteiger partial charge in [0.25, 0.3) is 0 Å². The summed E-state index contributed by atoms with van der Waals surface area (Å²) in [5.74, 6) is -1.19. The highest BCUT2D eigenvalue weighted by Gasteiger charge is 2.16. The molecule has 0 heterocycles. The summed E-state index contributed by atoms with van der Waals surface area (Å²) in [4.78, 5) is 22.9. The summed E-state index contributed by atoms with van der Waals surface area (Å²) in [5, 5.41) is 0. The molecule has 2 amide bonds. The lowest BCUT2D eigenvalue weighted by molar-refractivity contribution is 0.0966. The number of unbranched alkanes of at least 4 members (excludes halogenated alkanes) is 5. The van der Waals surface area contributed by atoms with Gasteiger partial charge in [-0.25, -0.2) is 0 Å². The molecule has 0 fully saturated rings. The monoisotopic (exact) mass is 276 g/mol. The number of amides is 2. The fourth-order valence-corrected chi connectivity index (χ4v) is 2.40. The lowest BCUT2D eigenvalue weighted by Crippen LogP contribution is -2.22. The van der Waals surface area contributed by atoms with E-state index < -0.39 is 11.8 Å². The van der Waals surface area contributed by atoms with Crippen molar-refractivity contribution in [1.82, 2.24) is 0 Å². The number of carbonyl (C=O) groups is 2. The van der Waals surface area contributed by atoms with Crippen LogP contribution in [0.25, 0.3) is 0 Å². The van der Waals surface area contributed by atoms with Gasteiger partial charge in [-0.3, -0.25) is 9.59 Å². The molecule has 4 heteroatoms. The molecule has 0 saturated carbocycles. The maximum atomic E-state index is 11.5. The summed E-state index contributed by atoms with van der Waals surface area (Å²) in [6.45, 7) is 2.19. The van der Waals surface area contributed by atoms with Crippen LogP contribution in [0.1, 0.15) is 71.7 Å². The van der Waals surface area contributed by atoms with E-state index in [9.17, 15) is 9.59 Å². The molecule has 1 aromatic carbocycles. The highest BCUT2D eigenvalue weighted by atomic mass is 16.2. The van der Waals surface area contributed by atoms with E-state index in [0.29, 0.717) is 0 Å². The number of aryl methyl sites for hydroxylation is 1. The van der Waals surface area contributed by atoms with Crippen molar-refractivity contribution < 1.29 is 9.59 Å². The molecule has 0 aliphatic heterocycles. The van der Waals surface area contributed by atoms with Crippen LogP contribution in [0.2, 0.25) is 0 Å². The Hall–Kier alpha value is -1.84. The van der Waals surface area contributed by atoms with Crippen molar-refractivity contribution in [3.05, 3.63) is 34.9 Å². The Morgan fingerprint density at radius 3 is 2.20 bits per heavy atom. The second-order valence-corrected chi connectivity index (χ2v) is 5.09. The van der Waals surface area contributed by atoms with Gasteiger partial charge in [-0.15, -0.1) is 0 Å². The molecule has 0 saturated heterocycles. The van der Waals surface area contributed by atoms with Crippen molar-refractivity contribution in [2.45, 2.75) is 51.9 Å². The van der Waals surface area contributed by atoms with E-state index in [1.54, 1.807) is 12.1 Å². The average Bonchev–Trinajstić information content (AvgIpc) is 2.42. The Morgan fingerprint density at radius 1 is 0.950 bits per heavy atom. The molecule has 4 N–H and O–H groups in total. The van der Waals surface area contributed by atoms with Crippen molar-refractivity contribution >= 4 is 11.8 Å². The Kier molecular flexibility index (Phi) is 6.77. The third-order valence-corrected chi connectivity index (χ3v) is 3.46. The van der Waals surface area contributed by atoms with Crippen LogP contribution >= 0.6 is 0 Å². The summed E-state index contributed by atoms with van der Waals surface area (Å²) < 4.78 is 0. The summed E-state index contributed by atoms with van der Waals surface area (Å²) in [7, 11) is 0. The number of primary amides is 2. The molecular weight excluding hydrogens is 252 g/mol. The standard InChI is InChI=1S/C16H24N2O2/c1-2-3-4-5-6-7-9-12-10-8-11-13(15(17)19)14(12)16(18)20/h8,10-11H,2-7,9H2,1H3,(H2,17,19)(H2,18,20). The van der Waals surface area contributed by atoms with Crippen molar-refractivity contribution in [1.29, 1.82) is 0 Å². The predicted octanol–water partition coefficient (Wildman–Crippen LogP) is 2.79. The van der Waals surface area contributed by atoms with Crippen LogP contribution in [0.3, 0.4) is 0 Å². The van der Waals surface area contributed by atoms with Crippen LogP contribution in [-0.4, -0.2) is 11.8 Å². The Bertz CT molecular complexity index is 470. The molecule has 0 bridgehead atoms. The molecule has 4 nitrogen and oxygen atoms in total. The van der Waals surface area contributed by atoms with Gasteiger partial charge in [0.15, 0.2) is 0 Å². The Morgan fingerprint density at radius 2 is 1.60 bits per heavy atom. The number of benzene rings is 1. The van der Waals surface area contributed by atoms with E-state index in [0.717, 1.165) is 24.8 Å². The van der Waals surface area contributed by atoms with Gasteiger partial charge in [-0.1, -0.05) is 51.2 Å². The lowest BCUT2D eigenvalue weighted by atomic mass is 9.95. The van der Waals surface area contributed by atoms with Gasteiger partial charge >= 0.3 is 0 Å². The first kappa shape index (κ1) is 16.2. The van der Waals surface area contributed by atoms with Gasteiger partial charge in [0.1, 0.15) is 0 Å². The zero-order valence-electron chi connectivity index (χ0n) is 12.2. The van der Waals surface area contributed by atoms with Gasteiger partial charge in [0, 0.05) is 0 Å². The average molecular weight is 276 g/mol. The zero-order valence-corrected chi connectivity index (χ0v) is 12.2. The SMILES string of the molecule is CCCCCCCCc1cccc(C(N)=O)c1C(N)=O. The van der Waals surface area contributed by atoms with Crippen LogP contribution in [0.4, 0.5) is 0 Å². The van der Waals surface area contributed by atoms with Gasteiger partial charge in [-0.2, -0.15) is 0 Å². The number of hydrogen-bond donors (Lipinski definition) is 2. The smallest absolute Gasteiger partial charge is 0.249 e. The molecule has 1 rings (SSSR count). The van der Waals surface area contributed by atoms with Crippen LogP contribution in [0, 0.1) is 0 Å². The predicted molar refractivity (Wildman–Crippen MR) is 80.6 cm³/mol. The molecule has 0 aromatic heterocycles. The number of carbonyl (C=O) groups excluding carboxylic acids is 2. The molecule has 1 aromatic rings. The molecule has 0 atom stereocenters. The summed E-state index contributed by atoms with van der Waals surface area (Å²) in [6, 6.07) is 5.14. The first-order chi connectivity index (χ1) is 9.57. The van der Waals surface area contributed by atoms with Crippen LogP contribution < -0.4 is 11.5 Å². The third kappa shape index (κ3) is 4.68. The zero-order chi connectivity index (χ0) is 15.0. The van der Waals surface area contributed by atoms with E-state index in [4.69, 9.17) is 11.5 Å². The van der Waals surface area contributed by atoms with E-state index >= 15 is 0 Å². The molecule has 0 aliphatic carbocycles. The topological polar surface area (TPSA) is 86.2 Å². The highest BCUT2D eigenvalue weighted by molar-refractivity contribution is 6.07. The van der Waals surface area contributed by atoms with Gasteiger partial charge in [-0.05, 0) is 24.5 Å². The molecule has 0 unspecified atom stereocenters. The van der Waals surface area contributed by atoms with Gasteiger partial charge in [0.2, 0.25) is 11.8 Å². The van der Waals surface area contributed by atoms with Crippen molar-refractivity contribution in [2.24, 2.45) is 11.5 Å². The minimum absolute atomic E-state index is 0.223. The molecule has 0 aliphatic rings. The minimum atomic E-state index is -0.608. The van der Waals surface area contributed by atoms with E-state index in [1.165, 1.54) is 25.7 Å². The van der Waals surface area contributed by atoms with Gasteiger partial charge in [0.05, 0.1) is 11.1 Å². The molecule has 0 spiro atoms. The van der Waals surface area contributed by atoms with Crippen molar-refractivity contribution in [2.75, 3.05) is 0 Å². The van der Waals surface area contributed by atoms with Crippen LogP contribution in [-0.2, 0) is 6.42 Å². The first-order valence-corrected chi connectivity index (χ1v) is 7.29.